The lowest BCUT2D eigenvalue weighted by Gasteiger charge is -2.33. The van der Waals surface area contributed by atoms with Crippen molar-refractivity contribution in [3.63, 3.8) is 0 Å². The highest BCUT2D eigenvalue weighted by Crippen LogP contribution is 2.39. The number of nitrogens with one attached hydrogen (secondary N) is 1. The number of ether oxygens (including phenoxy) is 3. The minimum atomic E-state index is -0.101. The van der Waals surface area contributed by atoms with Gasteiger partial charge in [-0.3, -0.25) is 4.79 Å². The molecule has 2 aromatic rings. The molecule has 33 heavy (non-hydrogen) atoms. The maximum absolute atomic E-state index is 13.0. The molecule has 2 fully saturated rings. The Hall–Kier alpha value is -2.73. The van der Waals surface area contributed by atoms with E-state index in [0.717, 1.165) is 37.4 Å². The van der Waals surface area contributed by atoms with Crippen molar-refractivity contribution < 1.29 is 19.0 Å². The minimum absolute atomic E-state index is 0.101. The molecule has 4 rings (SSSR count). The topological polar surface area (TPSA) is 60.0 Å². The molecule has 0 aromatic heterocycles. The molecule has 2 aliphatic rings. The van der Waals surface area contributed by atoms with Crippen molar-refractivity contribution in [1.82, 2.24) is 10.2 Å². The SMILES string of the molecule is COc1cc(C(=O)NC2CCN(CC3CCCC3)CC2)cc(OC)c1OCc1ccccc1. The van der Waals surface area contributed by atoms with E-state index in [9.17, 15) is 4.79 Å². The summed E-state index contributed by atoms with van der Waals surface area (Å²) in [6.45, 7) is 3.72. The van der Waals surface area contributed by atoms with Gasteiger partial charge in [-0.15, -0.1) is 0 Å². The third-order valence-corrected chi connectivity index (χ3v) is 6.86. The van der Waals surface area contributed by atoms with Gasteiger partial charge in [0.1, 0.15) is 6.61 Å². The van der Waals surface area contributed by atoms with E-state index >= 15 is 0 Å². The zero-order valence-corrected chi connectivity index (χ0v) is 19.8. The molecule has 6 heteroatoms. The maximum atomic E-state index is 13.0. The number of likely N-dealkylation sites (tertiary alicyclic amines) is 1. The lowest BCUT2D eigenvalue weighted by atomic mass is 10.0. The van der Waals surface area contributed by atoms with Crippen molar-refractivity contribution >= 4 is 5.91 Å². The number of hydrogen-bond acceptors (Lipinski definition) is 5. The average Bonchev–Trinajstić information content (AvgIpc) is 3.37. The first-order valence-electron chi connectivity index (χ1n) is 12.1. The summed E-state index contributed by atoms with van der Waals surface area (Å²) >= 11 is 0. The number of methoxy groups -OCH3 is 2. The monoisotopic (exact) mass is 452 g/mol. The minimum Gasteiger partial charge on any atom is -0.493 e. The number of benzene rings is 2. The van der Waals surface area contributed by atoms with Crippen molar-refractivity contribution in [2.45, 2.75) is 51.2 Å². The summed E-state index contributed by atoms with van der Waals surface area (Å²) in [6, 6.07) is 13.6. The first-order chi connectivity index (χ1) is 16.2. The smallest absolute Gasteiger partial charge is 0.251 e. The van der Waals surface area contributed by atoms with Crippen LogP contribution in [0.3, 0.4) is 0 Å². The number of carbonyl (C=O) groups excluding carboxylic acids is 1. The Morgan fingerprint density at radius 3 is 2.21 bits per heavy atom. The molecule has 2 aromatic carbocycles. The fourth-order valence-electron chi connectivity index (χ4n) is 4.97. The molecule has 1 amide bonds. The van der Waals surface area contributed by atoms with Gasteiger partial charge in [0.25, 0.3) is 5.91 Å². The molecule has 1 saturated heterocycles. The van der Waals surface area contributed by atoms with Gasteiger partial charge in [-0.2, -0.15) is 0 Å². The van der Waals surface area contributed by atoms with Crippen LogP contribution < -0.4 is 19.5 Å². The van der Waals surface area contributed by atoms with Crippen molar-refractivity contribution in [3.05, 3.63) is 53.6 Å². The first kappa shape index (κ1) is 23.4. The number of amides is 1. The standard InChI is InChI=1S/C27H36N2O4/c1-31-24-16-22(17-25(32-2)26(24)33-19-21-10-4-3-5-11-21)27(30)28-23-12-14-29(15-13-23)18-20-8-6-7-9-20/h3-5,10-11,16-17,20,23H,6-9,12-15,18-19H2,1-2H3,(H,28,30). The van der Waals surface area contributed by atoms with Crippen LogP contribution in [0.1, 0.15) is 54.4 Å². The lowest BCUT2D eigenvalue weighted by molar-refractivity contribution is 0.0905. The van der Waals surface area contributed by atoms with E-state index in [1.54, 1.807) is 26.4 Å². The van der Waals surface area contributed by atoms with Gasteiger partial charge in [0, 0.05) is 31.2 Å². The molecule has 0 atom stereocenters. The summed E-state index contributed by atoms with van der Waals surface area (Å²) in [5.41, 5.74) is 1.56. The molecular formula is C27H36N2O4. The Labute approximate surface area is 197 Å². The van der Waals surface area contributed by atoms with Crippen molar-refractivity contribution in [2.24, 2.45) is 5.92 Å². The van der Waals surface area contributed by atoms with Gasteiger partial charge in [0.2, 0.25) is 5.75 Å². The van der Waals surface area contributed by atoms with Crippen LogP contribution in [0.4, 0.5) is 0 Å². The third-order valence-electron chi connectivity index (χ3n) is 6.86. The van der Waals surface area contributed by atoms with Crippen molar-refractivity contribution in [2.75, 3.05) is 33.9 Å². The van der Waals surface area contributed by atoms with Crippen LogP contribution in [0.2, 0.25) is 0 Å². The van der Waals surface area contributed by atoms with E-state index in [-0.39, 0.29) is 11.9 Å². The molecule has 178 valence electrons. The lowest BCUT2D eigenvalue weighted by Crippen LogP contribution is -2.45. The molecule has 6 nitrogen and oxygen atoms in total. The summed E-state index contributed by atoms with van der Waals surface area (Å²) < 4.78 is 17.1. The fourth-order valence-corrected chi connectivity index (χ4v) is 4.97. The Morgan fingerprint density at radius 1 is 0.970 bits per heavy atom. The second kappa shape index (κ2) is 11.4. The van der Waals surface area contributed by atoms with E-state index in [1.807, 2.05) is 30.3 Å². The van der Waals surface area contributed by atoms with E-state index in [1.165, 1.54) is 32.2 Å². The van der Waals surface area contributed by atoms with Gasteiger partial charge >= 0.3 is 0 Å². The van der Waals surface area contributed by atoms with Gasteiger partial charge in [0.15, 0.2) is 11.5 Å². The summed E-state index contributed by atoms with van der Waals surface area (Å²) in [7, 11) is 3.15. The van der Waals surface area contributed by atoms with Crippen LogP contribution >= 0.6 is 0 Å². The molecule has 0 unspecified atom stereocenters. The van der Waals surface area contributed by atoms with E-state index in [0.29, 0.717) is 29.4 Å². The molecule has 1 saturated carbocycles. The number of piperidine rings is 1. The summed E-state index contributed by atoms with van der Waals surface area (Å²) in [6.07, 6.45) is 7.52. The average molecular weight is 453 g/mol. The zero-order valence-electron chi connectivity index (χ0n) is 19.8. The Balaban J connectivity index is 1.36. The number of rotatable bonds is 9. The normalized spacial score (nSPS) is 17.6. The molecular weight excluding hydrogens is 416 g/mol. The van der Waals surface area contributed by atoms with Crippen LogP contribution in [0.15, 0.2) is 42.5 Å². The quantitative estimate of drug-likeness (QED) is 0.599. The van der Waals surface area contributed by atoms with Crippen molar-refractivity contribution in [1.29, 1.82) is 0 Å². The molecule has 1 heterocycles. The van der Waals surface area contributed by atoms with Crippen LogP contribution in [0.5, 0.6) is 17.2 Å². The second-order valence-electron chi connectivity index (χ2n) is 9.18. The van der Waals surface area contributed by atoms with Crippen LogP contribution in [-0.2, 0) is 6.61 Å². The predicted octanol–water partition coefficient (Wildman–Crippen LogP) is 4.67. The first-order valence-corrected chi connectivity index (χ1v) is 12.1. The maximum Gasteiger partial charge on any atom is 0.251 e. The van der Waals surface area contributed by atoms with Crippen LogP contribution in [0, 0.1) is 5.92 Å². The molecule has 0 radical (unpaired) electrons. The summed E-state index contributed by atoms with van der Waals surface area (Å²) in [4.78, 5) is 15.6. The largest absolute Gasteiger partial charge is 0.493 e. The van der Waals surface area contributed by atoms with E-state index in [2.05, 4.69) is 10.2 Å². The summed E-state index contributed by atoms with van der Waals surface area (Å²) in [5, 5.41) is 3.21. The summed E-state index contributed by atoms with van der Waals surface area (Å²) in [5.74, 6) is 2.25. The molecule has 0 bridgehead atoms. The second-order valence-corrected chi connectivity index (χ2v) is 9.18. The van der Waals surface area contributed by atoms with Gasteiger partial charge in [-0.05, 0) is 49.3 Å². The molecule has 0 spiro atoms. The highest BCUT2D eigenvalue weighted by molar-refractivity contribution is 5.95. The number of carbonyl (C=O) groups is 1. The number of hydrogen-bond donors (Lipinski definition) is 1. The Kier molecular flexibility index (Phi) is 8.10. The number of nitrogens with zero attached hydrogens (tertiary/aromatic N) is 1. The van der Waals surface area contributed by atoms with Crippen LogP contribution in [0.25, 0.3) is 0 Å². The van der Waals surface area contributed by atoms with Gasteiger partial charge < -0.3 is 24.4 Å². The molecule has 1 N–H and O–H groups in total. The van der Waals surface area contributed by atoms with Crippen LogP contribution in [-0.4, -0.2) is 50.7 Å². The fraction of sp³-hybridized carbons (Fsp3) is 0.519. The predicted molar refractivity (Wildman–Crippen MR) is 129 cm³/mol. The molecule has 1 aliphatic heterocycles. The van der Waals surface area contributed by atoms with Gasteiger partial charge in [-0.25, -0.2) is 0 Å². The van der Waals surface area contributed by atoms with E-state index in [4.69, 9.17) is 14.2 Å². The van der Waals surface area contributed by atoms with Gasteiger partial charge in [0.05, 0.1) is 14.2 Å². The van der Waals surface area contributed by atoms with Gasteiger partial charge in [-0.1, -0.05) is 43.2 Å². The third kappa shape index (κ3) is 6.20. The Morgan fingerprint density at radius 2 is 1.61 bits per heavy atom. The highest BCUT2D eigenvalue weighted by Gasteiger charge is 2.25. The molecule has 1 aliphatic carbocycles. The van der Waals surface area contributed by atoms with Crippen molar-refractivity contribution in [3.8, 4) is 17.2 Å². The highest BCUT2D eigenvalue weighted by atomic mass is 16.5. The van der Waals surface area contributed by atoms with E-state index < -0.39 is 0 Å². The Bertz CT molecular complexity index is 879. The zero-order chi connectivity index (χ0) is 23.0.